The van der Waals surface area contributed by atoms with Crippen LogP contribution in [0.1, 0.15) is 5.56 Å². The van der Waals surface area contributed by atoms with Gasteiger partial charge in [-0.1, -0.05) is 12.1 Å². The Morgan fingerprint density at radius 3 is 2.85 bits per heavy atom. The Morgan fingerprint density at radius 2 is 2.15 bits per heavy atom. The topological polar surface area (TPSA) is 27.7 Å². The van der Waals surface area contributed by atoms with Crippen LogP contribution in [0.5, 0.6) is 5.75 Å². The third-order valence-corrected chi connectivity index (χ3v) is 1.50. The fourth-order valence-electron chi connectivity index (χ4n) is 0.913. The van der Waals surface area contributed by atoms with E-state index in [9.17, 15) is 0 Å². The Balaban J connectivity index is 2.46. The zero-order chi connectivity index (χ0) is 9.52. The molecule has 13 heavy (non-hydrogen) atoms. The summed E-state index contributed by atoms with van der Waals surface area (Å²) in [5, 5.41) is 0. The first-order valence-corrected chi connectivity index (χ1v) is 3.94. The molecule has 0 amide bonds. The predicted octanol–water partition coefficient (Wildman–Crippen LogP) is 1.83. The third-order valence-electron chi connectivity index (χ3n) is 1.50. The molecule has 3 nitrogen and oxygen atoms in total. The van der Waals surface area contributed by atoms with Crippen LogP contribution in [0.2, 0.25) is 0 Å². The van der Waals surface area contributed by atoms with Gasteiger partial charge in [0.15, 0.2) is 0 Å². The highest BCUT2D eigenvalue weighted by Crippen LogP contribution is 2.13. The molecule has 0 N–H and O–H groups in total. The Bertz CT molecular complexity index is 248. The summed E-state index contributed by atoms with van der Waals surface area (Å²) < 4.78 is 14.9. The van der Waals surface area contributed by atoms with E-state index in [1.54, 1.807) is 20.8 Å². The quantitative estimate of drug-likeness (QED) is 0.512. The summed E-state index contributed by atoms with van der Waals surface area (Å²) in [5.74, 6) is 0.815. The molecule has 0 spiro atoms. The van der Waals surface area contributed by atoms with Gasteiger partial charge >= 0.3 is 0 Å². The SMILES string of the molecule is COCO[CH]c1cccc(OC)c1. The van der Waals surface area contributed by atoms with Gasteiger partial charge in [-0.3, -0.25) is 0 Å². The molecule has 1 aromatic rings. The van der Waals surface area contributed by atoms with Gasteiger partial charge < -0.3 is 14.2 Å². The molecule has 0 aromatic heterocycles. The minimum atomic E-state index is 0.261. The molecular formula is C10H13O3. The van der Waals surface area contributed by atoms with Crippen molar-refractivity contribution in [2.24, 2.45) is 0 Å². The molecule has 0 saturated heterocycles. The second-order valence-corrected chi connectivity index (χ2v) is 2.47. The molecule has 0 heterocycles. The maximum atomic E-state index is 5.07. The van der Waals surface area contributed by atoms with E-state index in [4.69, 9.17) is 14.2 Å². The van der Waals surface area contributed by atoms with E-state index >= 15 is 0 Å². The average molecular weight is 181 g/mol. The molecule has 0 atom stereocenters. The highest BCUT2D eigenvalue weighted by molar-refractivity contribution is 5.31. The largest absolute Gasteiger partial charge is 0.497 e. The Kier molecular flexibility index (Phi) is 4.29. The lowest BCUT2D eigenvalue weighted by atomic mass is 10.2. The summed E-state index contributed by atoms with van der Waals surface area (Å²) in [6, 6.07) is 7.60. The van der Waals surface area contributed by atoms with Crippen molar-refractivity contribution in [2.45, 2.75) is 0 Å². The van der Waals surface area contributed by atoms with E-state index in [1.807, 2.05) is 24.3 Å². The lowest BCUT2D eigenvalue weighted by Gasteiger charge is -2.04. The van der Waals surface area contributed by atoms with Crippen LogP contribution in [0.25, 0.3) is 0 Å². The second kappa shape index (κ2) is 5.56. The van der Waals surface area contributed by atoms with Crippen molar-refractivity contribution in [2.75, 3.05) is 21.0 Å². The van der Waals surface area contributed by atoms with Gasteiger partial charge in [0.25, 0.3) is 0 Å². The lowest BCUT2D eigenvalue weighted by molar-refractivity contribution is 0.00459. The van der Waals surface area contributed by atoms with E-state index in [0.717, 1.165) is 11.3 Å². The molecule has 3 heteroatoms. The molecule has 0 aliphatic rings. The summed E-state index contributed by atoms with van der Waals surface area (Å²) in [5.41, 5.74) is 0.955. The van der Waals surface area contributed by atoms with Gasteiger partial charge in [0.1, 0.15) is 19.1 Å². The highest BCUT2D eigenvalue weighted by atomic mass is 16.7. The van der Waals surface area contributed by atoms with Crippen LogP contribution in [0, 0.1) is 6.61 Å². The summed E-state index contributed by atoms with van der Waals surface area (Å²) in [4.78, 5) is 0. The number of ether oxygens (including phenoxy) is 3. The first-order chi connectivity index (χ1) is 6.36. The minimum absolute atomic E-state index is 0.261. The molecule has 0 fully saturated rings. The minimum Gasteiger partial charge on any atom is -0.497 e. The van der Waals surface area contributed by atoms with Crippen LogP contribution in [0.3, 0.4) is 0 Å². The van der Waals surface area contributed by atoms with Gasteiger partial charge in [-0.2, -0.15) is 0 Å². The van der Waals surface area contributed by atoms with Crippen LogP contribution in [0.15, 0.2) is 24.3 Å². The number of benzene rings is 1. The first-order valence-electron chi connectivity index (χ1n) is 3.94. The molecule has 1 rings (SSSR count). The van der Waals surface area contributed by atoms with E-state index in [0.29, 0.717) is 0 Å². The summed E-state index contributed by atoms with van der Waals surface area (Å²) >= 11 is 0. The van der Waals surface area contributed by atoms with Crippen LogP contribution in [-0.2, 0) is 9.47 Å². The van der Waals surface area contributed by atoms with Gasteiger partial charge in [0.2, 0.25) is 0 Å². The Hall–Kier alpha value is -1.06. The van der Waals surface area contributed by atoms with E-state index in [2.05, 4.69) is 0 Å². The normalized spacial score (nSPS) is 10.0. The third kappa shape index (κ3) is 3.44. The summed E-state index contributed by atoms with van der Waals surface area (Å²) in [7, 11) is 3.22. The van der Waals surface area contributed by atoms with Gasteiger partial charge in [-0.05, 0) is 17.7 Å². The maximum absolute atomic E-state index is 5.07. The maximum Gasteiger partial charge on any atom is 0.147 e. The molecule has 0 unspecified atom stereocenters. The van der Waals surface area contributed by atoms with Crippen LogP contribution in [-0.4, -0.2) is 21.0 Å². The molecule has 0 aliphatic carbocycles. The van der Waals surface area contributed by atoms with Gasteiger partial charge in [0, 0.05) is 7.11 Å². The van der Waals surface area contributed by atoms with Crippen molar-refractivity contribution in [1.29, 1.82) is 0 Å². The molecule has 0 saturated carbocycles. The standard InChI is InChI=1S/C10H13O3/c1-11-8-13-7-9-4-3-5-10(6-9)12-2/h3-7H,8H2,1-2H3. The number of hydrogen-bond acceptors (Lipinski definition) is 3. The van der Waals surface area contributed by atoms with Crippen molar-refractivity contribution in [3.63, 3.8) is 0 Å². The van der Waals surface area contributed by atoms with E-state index in [1.165, 1.54) is 0 Å². The monoisotopic (exact) mass is 181 g/mol. The summed E-state index contributed by atoms with van der Waals surface area (Å²) in [6.07, 6.45) is 0. The Morgan fingerprint density at radius 1 is 1.31 bits per heavy atom. The van der Waals surface area contributed by atoms with Crippen molar-refractivity contribution in [3.05, 3.63) is 36.4 Å². The van der Waals surface area contributed by atoms with Crippen LogP contribution >= 0.6 is 0 Å². The fourth-order valence-corrected chi connectivity index (χ4v) is 0.913. The lowest BCUT2D eigenvalue weighted by Crippen LogP contribution is -1.94. The van der Waals surface area contributed by atoms with Crippen LogP contribution in [0.4, 0.5) is 0 Å². The molecule has 1 radical (unpaired) electrons. The van der Waals surface area contributed by atoms with E-state index < -0.39 is 0 Å². The van der Waals surface area contributed by atoms with Crippen molar-refractivity contribution in [1.82, 2.24) is 0 Å². The molecule has 0 aliphatic heterocycles. The second-order valence-electron chi connectivity index (χ2n) is 2.47. The number of rotatable bonds is 5. The molecular weight excluding hydrogens is 168 g/mol. The molecule has 71 valence electrons. The zero-order valence-electron chi connectivity index (χ0n) is 7.82. The van der Waals surface area contributed by atoms with Crippen molar-refractivity contribution >= 4 is 0 Å². The molecule has 0 bridgehead atoms. The number of hydrogen-bond donors (Lipinski definition) is 0. The van der Waals surface area contributed by atoms with Crippen molar-refractivity contribution < 1.29 is 14.2 Å². The summed E-state index contributed by atoms with van der Waals surface area (Å²) in [6.45, 7) is 1.89. The average Bonchev–Trinajstić information content (AvgIpc) is 2.19. The number of methoxy groups -OCH3 is 2. The zero-order valence-corrected chi connectivity index (χ0v) is 7.82. The van der Waals surface area contributed by atoms with Gasteiger partial charge in [0.05, 0.1) is 7.11 Å². The van der Waals surface area contributed by atoms with Crippen LogP contribution < -0.4 is 4.74 Å². The first kappa shape index (κ1) is 10.0. The highest BCUT2D eigenvalue weighted by Gasteiger charge is 1.95. The molecule has 1 aromatic carbocycles. The fraction of sp³-hybridized carbons (Fsp3) is 0.300. The smallest absolute Gasteiger partial charge is 0.147 e. The van der Waals surface area contributed by atoms with Crippen molar-refractivity contribution in [3.8, 4) is 5.75 Å². The van der Waals surface area contributed by atoms with E-state index in [-0.39, 0.29) is 6.79 Å². The van der Waals surface area contributed by atoms with Gasteiger partial charge in [-0.25, -0.2) is 0 Å². The van der Waals surface area contributed by atoms with Gasteiger partial charge in [-0.15, -0.1) is 0 Å². The predicted molar refractivity (Wildman–Crippen MR) is 49.4 cm³/mol. The Labute approximate surface area is 78.2 Å².